The summed E-state index contributed by atoms with van der Waals surface area (Å²) in [7, 11) is 0. The lowest BCUT2D eigenvalue weighted by Crippen LogP contribution is -2.43. The van der Waals surface area contributed by atoms with Crippen LogP contribution in [-0.2, 0) is 11.2 Å². The van der Waals surface area contributed by atoms with E-state index >= 15 is 0 Å². The van der Waals surface area contributed by atoms with Gasteiger partial charge in [0.2, 0.25) is 5.91 Å². The van der Waals surface area contributed by atoms with Crippen molar-refractivity contribution in [1.29, 1.82) is 0 Å². The number of amides is 1. The highest BCUT2D eigenvalue weighted by Crippen LogP contribution is 2.36. The van der Waals surface area contributed by atoms with E-state index in [0.717, 1.165) is 60.7 Å². The fourth-order valence-electron chi connectivity index (χ4n) is 3.94. The smallest absolute Gasteiger partial charge is 0.223 e. The first-order valence-corrected chi connectivity index (χ1v) is 9.16. The van der Waals surface area contributed by atoms with Crippen LogP contribution in [0.15, 0.2) is 36.5 Å². The number of carbonyl (C=O) groups is 1. The van der Waals surface area contributed by atoms with E-state index in [4.69, 9.17) is 5.73 Å². The highest BCUT2D eigenvalue weighted by Gasteiger charge is 2.31. The van der Waals surface area contributed by atoms with Crippen LogP contribution >= 0.6 is 0 Å². The number of aryl methyl sites for hydroxylation is 1. The fourth-order valence-corrected chi connectivity index (χ4v) is 3.94. The second-order valence-corrected chi connectivity index (χ2v) is 7.05. The Morgan fingerprint density at radius 1 is 1.19 bits per heavy atom. The van der Waals surface area contributed by atoms with Gasteiger partial charge in [0.05, 0.1) is 12.0 Å². The minimum absolute atomic E-state index is 0.429. The lowest BCUT2D eigenvalue weighted by Gasteiger charge is -2.29. The number of rotatable bonds is 3. The summed E-state index contributed by atoms with van der Waals surface area (Å²) in [5.41, 5.74) is 9.54. The van der Waals surface area contributed by atoms with Crippen LogP contribution in [0.2, 0.25) is 0 Å². The highest BCUT2D eigenvalue weighted by molar-refractivity contribution is 5.78. The van der Waals surface area contributed by atoms with Gasteiger partial charge < -0.3 is 21.1 Å². The summed E-state index contributed by atoms with van der Waals surface area (Å²) in [5.74, 6) is 0.0751. The van der Waals surface area contributed by atoms with Crippen LogP contribution in [0.4, 0.5) is 5.82 Å². The lowest BCUT2D eigenvalue weighted by molar-refractivity contribution is -0.126. The van der Waals surface area contributed by atoms with E-state index in [0.29, 0.717) is 6.42 Å². The second kappa shape index (κ2) is 7.05. The SMILES string of the molecule is NC(=O)C1CCc2cc(-c3ccnc(N4CCNCC4)c3)ccc2C1O. The Bertz CT molecular complexity index is 817. The van der Waals surface area contributed by atoms with E-state index in [2.05, 4.69) is 27.3 Å². The number of aliphatic hydroxyl groups excluding tert-OH is 1. The summed E-state index contributed by atoms with van der Waals surface area (Å²) in [6.07, 6.45) is 2.39. The molecule has 2 atom stereocenters. The summed E-state index contributed by atoms with van der Waals surface area (Å²) in [4.78, 5) is 18.3. The van der Waals surface area contributed by atoms with Crippen LogP contribution in [0.25, 0.3) is 11.1 Å². The number of aromatic nitrogens is 1. The predicted molar refractivity (Wildman–Crippen MR) is 101 cm³/mol. The number of carbonyl (C=O) groups excluding carboxylic acids is 1. The monoisotopic (exact) mass is 352 g/mol. The maximum atomic E-state index is 11.5. The first-order chi connectivity index (χ1) is 12.6. The van der Waals surface area contributed by atoms with Crippen molar-refractivity contribution in [2.24, 2.45) is 11.7 Å². The van der Waals surface area contributed by atoms with Crippen LogP contribution in [0, 0.1) is 5.92 Å². The van der Waals surface area contributed by atoms with Gasteiger partial charge in [-0.15, -0.1) is 0 Å². The van der Waals surface area contributed by atoms with Gasteiger partial charge in [0.15, 0.2) is 0 Å². The van der Waals surface area contributed by atoms with Crippen molar-refractivity contribution in [2.75, 3.05) is 31.1 Å². The first-order valence-electron chi connectivity index (χ1n) is 9.16. The molecule has 136 valence electrons. The summed E-state index contributed by atoms with van der Waals surface area (Å²) in [5, 5.41) is 13.8. The third-order valence-corrected chi connectivity index (χ3v) is 5.45. The number of hydrogen-bond donors (Lipinski definition) is 3. The number of nitrogens with two attached hydrogens (primary N) is 1. The topological polar surface area (TPSA) is 91.5 Å². The Morgan fingerprint density at radius 3 is 2.73 bits per heavy atom. The Morgan fingerprint density at radius 2 is 1.96 bits per heavy atom. The molecule has 1 aromatic heterocycles. The van der Waals surface area contributed by atoms with Crippen LogP contribution in [-0.4, -0.2) is 42.2 Å². The van der Waals surface area contributed by atoms with Crippen molar-refractivity contribution >= 4 is 11.7 Å². The Hall–Kier alpha value is -2.44. The van der Waals surface area contributed by atoms with Gasteiger partial charge in [-0.2, -0.15) is 0 Å². The molecule has 1 saturated heterocycles. The Kier molecular flexibility index (Phi) is 4.61. The number of aliphatic hydroxyl groups is 1. The number of primary amides is 1. The molecule has 4 rings (SSSR count). The number of benzene rings is 1. The van der Waals surface area contributed by atoms with Crippen molar-refractivity contribution in [3.8, 4) is 11.1 Å². The van der Waals surface area contributed by atoms with Gasteiger partial charge in [-0.05, 0) is 47.2 Å². The molecule has 1 amide bonds. The van der Waals surface area contributed by atoms with E-state index in [1.54, 1.807) is 0 Å². The molecule has 2 unspecified atom stereocenters. The average Bonchev–Trinajstić information content (AvgIpc) is 2.68. The molecule has 1 aromatic carbocycles. The summed E-state index contributed by atoms with van der Waals surface area (Å²) in [6, 6.07) is 10.2. The lowest BCUT2D eigenvalue weighted by atomic mass is 9.80. The molecule has 1 aliphatic heterocycles. The molecule has 4 N–H and O–H groups in total. The summed E-state index contributed by atoms with van der Waals surface area (Å²) >= 11 is 0. The number of fused-ring (bicyclic) bond motifs is 1. The van der Waals surface area contributed by atoms with Crippen molar-refractivity contribution in [3.05, 3.63) is 47.7 Å². The second-order valence-electron chi connectivity index (χ2n) is 7.05. The van der Waals surface area contributed by atoms with Gasteiger partial charge in [0.25, 0.3) is 0 Å². The van der Waals surface area contributed by atoms with Crippen molar-refractivity contribution in [1.82, 2.24) is 10.3 Å². The Labute approximate surface area is 153 Å². The first kappa shape index (κ1) is 17.0. The van der Waals surface area contributed by atoms with Gasteiger partial charge in [0.1, 0.15) is 5.82 Å². The number of anilines is 1. The van der Waals surface area contributed by atoms with E-state index in [1.807, 2.05) is 24.4 Å². The maximum Gasteiger partial charge on any atom is 0.223 e. The normalized spacial score (nSPS) is 22.7. The van der Waals surface area contributed by atoms with Crippen LogP contribution in [0.5, 0.6) is 0 Å². The molecular weight excluding hydrogens is 328 g/mol. The zero-order valence-corrected chi connectivity index (χ0v) is 14.7. The number of piperazine rings is 1. The standard InChI is InChI=1S/C20H24N4O2/c21-20(26)17-4-2-15-11-13(1-3-16(15)19(17)25)14-5-6-23-18(12-14)24-9-7-22-8-10-24/h1,3,5-6,11-12,17,19,22,25H,2,4,7-10H2,(H2,21,26). The quantitative estimate of drug-likeness (QED) is 0.773. The van der Waals surface area contributed by atoms with Gasteiger partial charge in [0, 0.05) is 32.4 Å². The number of pyridine rings is 1. The van der Waals surface area contributed by atoms with Gasteiger partial charge in [-0.25, -0.2) is 4.98 Å². The van der Waals surface area contributed by atoms with Crippen LogP contribution in [0.1, 0.15) is 23.7 Å². The highest BCUT2D eigenvalue weighted by atomic mass is 16.3. The van der Waals surface area contributed by atoms with Gasteiger partial charge >= 0.3 is 0 Å². The molecule has 0 saturated carbocycles. The third-order valence-electron chi connectivity index (χ3n) is 5.45. The van der Waals surface area contributed by atoms with Crippen LogP contribution in [0.3, 0.4) is 0 Å². The molecule has 1 aliphatic carbocycles. The molecule has 1 fully saturated rings. The molecule has 2 aromatic rings. The van der Waals surface area contributed by atoms with Crippen molar-refractivity contribution in [2.45, 2.75) is 18.9 Å². The minimum atomic E-state index is -0.806. The van der Waals surface area contributed by atoms with E-state index in [-0.39, 0.29) is 0 Å². The third kappa shape index (κ3) is 3.18. The van der Waals surface area contributed by atoms with Crippen LogP contribution < -0.4 is 16.0 Å². The minimum Gasteiger partial charge on any atom is -0.388 e. The molecule has 26 heavy (non-hydrogen) atoms. The zero-order valence-electron chi connectivity index (χ0n) is 14.7. The predicted octanol–water partition coefficient (Wildman–Crippen LogP) is 1.24. The number of nitrogens with one attached hydrogen (secondary N) is 1. The summed E-state index contributed by atoms with van der Waals surface area (Å²) in [6.45, 7) is 3.87. The maximum absolute atomic E-state index is 11.5. The van der Waals surface area contributed by atoms with E-state index in [9.17, 15) is 9.90 Å². The Balaban J connectivity index is 1.62. The van der Waals surface area contributed by atoms with Gasteiger partial charge in [-0.1, -0.05) is 18.2 Å². The molecule has 2 aliphatic rings. The number of nitrogens with zero attached hydrogens (tertiary/aromatic N) is 2. The molecule has 0 bridgehead atoms. The average molecular weight is 352 g/mol. The van der Waals surface area contributed by atoms with Crippen molar-refractivity contribution in [3.63, 3.8) is 0 Å². The molecule has 6 heteroatoms. The molecule has 0 spiro atoms. The molecule has 0 radical (unpaired) electrons. The largest absolute Gasteiger partial charge is 0.388 e. The zero-order chi connectivity index (χ0) is 18.1. The van der Waals surface area contributed by atoms with Crippen molar-refractivity contribution < 1.29 is 9.90 Å². The number of hydrogen-bond acceptors (Lipinski definition) is 5. The molecule has 2 heterocycles. The molecular formula is C20H24N4O2. The van der Waals surface area contributed by atoms with E-state index < -0.39 is 17.9 Å². The van der Waals surface area contributed by atoms with E-state index in [1.165, 1.54) is 0 Å². The molecule has 6 nitrogen and oxygen atoms in total. The summed E-state index contributed by atoms with van der Waals surface area (Å²) < 4.78 is 0. The fraction of sp³-hybridized carbons (Fsp3) is 0.400. The van der Waals surface area contributed by atoms with Gasteiger partial charge in [-0.3, -0.25) is 4.79 Å².